The van der Waals surface area contributed by atoms with Crippen LogP contribution in [0.2, 0.25) is 0 Å². The van der Waals surface area contributed by atoms with Gasteiger partial charge in [-0.2, -0.15) is 0 Å². The minimum absolute atomic E-state index is 0.140. The van der Waals surface area contributed by atoms with Gasteiger partial charge in [-0.1, -0.05) is 30.3 Å². The topological polar surface area (TPSA) is 63.6 Å². The number of fused-ring (bicyclic) bond motifs is 1. The van der Waals surface area contributed by atoms with Gasteiger partial charge in [0.1, 0.15) is 11.6 Å². The highest BCUT2D eigenvalue weighted by Crippen LogP contribution is 2.12. The van der Waals surface area contributed by atoms with E-state index in [1.807, 2.05) is 41.8 Å². The number of hydrogen-bond donors (Lipinski definition) is 1. The molecule has 0 spiro atoms. The first-order valence-corrected chi connectivity index (χ1v) is 6.13. The zero-order valence-electron chi connectivity index (χ0n) is 10.8. The van der Waals surface area contributed by atoms with Crippen LogP contribution in [0.3, 0.4) is 0 Å². The molecule has 2 aromatic heterocycles. The van der Waals surface area contributed by atoms with Crippen molar-refractivity contribution in [3.05, 3.63) is 57.9 Å². The Morgan fingerprint density at radius 3 is 2.63 bits per heavy atom. The van der Waals surface area contributed by atoms with Crippen LogP contribution in [0.4, 0.5) is 0 Å². The van der Waals surface area contributed by atoms with Gasteiger partial charge in [-0.25, -0.2) is 9.97 Å². The van der Waals surface area contributed by atoms with Crippen molar-refractivity contribution < 1.29 is 0 Å². The van der Waals surface area contributed by atoms with Gasteiger partial charge in [-0.05, 0) is 19.4 Å². The van der Waals surface area contributed by atoms with E-state index >= 15 is 0 Å². The van der Waals surface area contributed by atoms with Crippen molar-refractivity contribution in [3.63, 3.8) is 0 Å². The predicted molar refractivity (Wildman–Crippen MR) is 73.2 cm³/mol. The normalized spacial score (nSPS) is 11.1. The lowest BCUT2D eigenvalue weighted by Gasteiger charge is -2.06. The SMILES string of the molecule is Cc1nc2nc(C)n(Cc3ccccc3)c2c(=O)[nH]1. The van der Waals surface area contributed by atoms with Gasteiger partial charge in [0, 0.05) is 6.54 Å². The van der Waals surface area contributed by atoms with Gasteiger partial charge in [0.05, 0.1) is 0 Å². The minimum atomic E-state index is -0.140. The first-order chi connectivity index (χ1) is 9.15. The molecule has 0 aliphatic heterocycles. The lowest BCUT2D eigenvalue weighted by Crippen LogP contribution is -2.14. The maximum absolute atomic E-state index is 12.1. The summed E-state index contributed by atoms with van der Waals surface area (Å²) < 4.78 is 1.90. The fourth-order valence-corrected chi connectivity index (χ4v) is 2.22. The van der Waals surface area contributed by atoms with Crippen molar-refractivity contribution in [2.24, 2.45) is 0 Å². The number of benzene rings is 1. The quantitative estimate of drug-likeness (QED) is 0.758. The number of aromatic amines is 1. The van der Waals surface area contributed by atoms with E-state index in [-0.39, 0.29) is 5.56 Å². The van der Waals surface area contributed by atoms with Crippen molar-refractivity contribution in [2.45, 2.75) is 20.4 Å². The number of hydrogen-bond acceptors (Lipinski definition) is 3. The third-order valence-corrected chi connectivity index (χ3v) is 3.11. The number of nitrogens with one attached hydrogen (secondary N) is 1. The van der Waals surface area contributed by atoms with Gasteiger partial charge in [0.2, 0.25) is 0 Å². The molecule has 0 saturated carbocycles. The summed E-state index contributed by atoms with van der Waals surface area (Å²) in [5.41, 5.74) is 2.03. The standard InChI is InChI=1S/C14H14N4O/c1-9-15-13-12(14(19)16-9)18(10(2)17-13)8-11-6-4-3-5-7-11/h3-7H,8H2,1-2H3,(H,15,16,19). The third-order valence-electron chi connectivity index (χ3n) is 3.11. The van der Waals surface area contributed by atoms with Crippen molar-refractivity contribution in [3.8, 4) is 0 Å². The fraction of sp³-hybridized carbons (Fsp3) is 0.214. The third kappa shape index (κ3) is 2.03. The molecular formula is C14H14N4O. The molecule has 0 amide bonds. The first-order valence-electron chi connectivity index (χ1n) is 6.13. The first kappa shape index (κ1) is 11.6. The van der Waals surface area contributed by atoms with Crippen LogP contribution in [-0.4, -0.2) is 19.5 Å². The maximum Gasteiger partial charge on any atom is 0.277 e. The number of aryl methyl sites for hydroxylation is 2. The Bertz CT molecular complexity index is 786. The molecule has 1 aromatic carbocycles. The highest BCUT2D eigenvalue weighted by atomic mass is 16.1. The van der Waals surface area contributed by atoms with Gasteiger partial charge in [0.25, 0.3) is 5.56 Å². The Morgan fingerprint density at radius 2 is 1.89 bits per heavy atom. The van der Waals surface area contributed by atoms with Crippen LogP contribution in [0.15, 0.2) is 35.1 Å². The second-order valence-electron chi connectivity index (χ2n) is 4.55. The van der Waals surface area contributed by atoms with E-state index in [1.165, 1.54) is 0 Å². The second-order valence-corrected chi connectivity index (χ2v) is 4.55. The summed E-state index contributed by atoms with van der Waals surface area (Å²) in [6, 6.07) is 10.00. The molecule has 0 bridgehead atoms. The molecule has 3 rings (SSSR count). The molecule has 0 aliphatic carbocycles. The number of rotatable bonds is 2. The summed E-state index contributed by atoms with van der Waals surface area (Å²) >= 11 is 0. The van der Waals surface area contributed by atoms with E-state index in [4.69, 9.17) is 0 Å². The number of imidazole rings is 1. The molecule has 0 radical (unpaired) electrons. The fourth-order valence-electron chi connectivity index (χ4n) is 2.22. The lowest BCUT2D eigenvalue weighted by molar-refractivity contribution is 0.782. The van der Waals surface area contributed by atoms with E-state index in [9.17, 15) is 4.79 Å². The maximum atomic E-state index is 12.1. The Morgan fingerprint density at radius 1 is 1.16 bits per heavy atom. The summed E-state index contributed by atoms with van der Waals surface area (Å²) in [6.07, 6.45) is 0. The van der Waals surface area contributed by atoms with Crippen LogP contribution >= 0.6 is 0 Å². The van der Waals surface area contributed by atoms with Gasteiger partial charge in [-0.3, -0.25) is 4.79 Å². The zero-order chi connectivity index (χ0) is 13.4. The van der Waals surface area contributed by atoms with E-state index in [1.54, 1.807) is 6.92 Å². The predicted octanol–water partition coefficient (Wildman–Crippen LogP) is 1.78. The number of aromatic nitrogens is 4. The molecule has 0 aliphatic rings. The largest absolute Gasteiger partial charge is 0.318 e. The summed E-state index contributed by atoms with van der Waals surface area (Å²) in [7, 11) is 0. The molecule has 3 aromatic rings. The molecule has 5 heteroatoms. The molecule has 0 fully saturated rings. The van der Waals surface area contributed by atoms with Gasteiger partial charge in [0.15, 0.2) is 11.2 Å². The van der Waals surface area contributed by atoms with Crippen LogP contribution in [-0.2, 0) is 6.54 Å². The second kappa shape index (κ2) is 4.35. The van der Waals surface area contributed by atoms with Gasteiger partial charge in [-0.15, -0.1) is 0 Å². The smallest absolute Gasteiger partial charge is 0.277 e. The molecule has 0 saturated heterocycles. The Labute approximate surface area is 110 Å². The van der Waals surface area contributed by atoms with Crippen molar-refractivity contribution in [1.29, 1.82) is 0 Å². The van der Waals surface area contributed by atoms with Crippen LogP contribution in [0.25, 0.3) is 11.2 Å². The molecule has 0 atom stereocenters. The summed E-state index contributed by atoms with van der Waals surface area (Å²) in [6.45, 7) is 4.27. The monoisotopic (exact) mass is 254 g/mol. The molecule has 5 nitrogen and oxygen atoms in total. The number of H-pyrrole nitrogens is 1. The van der Waals surface area contributed by atoms with Crippen LogP contribution in [0.1, 0.15) is 17.2 Å². The van der Waals surface area contributed by atoms with Crippen molar-refractivity contribution >= 4 is 11.2 Å². The van der Waals surface area contributed by atoms with Crippen molar-refractivity contribution in [2.75, 3.05) is 0 Å². The molecular weight excluding hydrogens is 240 g/mol. The Balaban J connectivity index is 2.19. The highest BCUT2D eigenvalue weighted by molar-refractivity contribution is 5.70. The number of nitrogens with zero attached hydrogens (tertiary/aromatic N) is 3. The van der Waals surface area contributed by atoms with Crippen LogP contribution in [0, 0.1) is 13.8 Å². The van der Waals surface area contributed by atoms with E-state index in [2.05, 4.69) is 15.0 Å². The van der Waals surface area contributed by atoms with E-state index in [0.717, 1.165) is 11.4 Å². The van der Waals surface area contributed by atoms with E-state index < -0.39 is 0 Å². The summed E-state index contributed by atoms with van der Waals surface area (Å²) in [4.78, 5) is 23.4. The van der Waals surface area contributed by atoms with Crippen LogP contribution < -0.4 is 5.56 Å². The molecule has 1 N–H and O–H groups in total. The van der Waals surface area contributed by atoms with Gasteiger partial charge < -0.3 is 9.55 Å². The molecule has 2 heterocycles. The van der Waals surface area contributed by atoms with E-state index in [0.29, 0.717) is 23.5 Å². The molecule has 96 valence electrons. The van der Waals surface area contributed by atoms with Crippen molar-refractivity contribution in [1.82, 2.24) is 19.5 Å². The summed E-state index contributed by atoms with van der Waals surface area (Å²) in [5, 5.41) is 0. The zero-order valence-corrected chi connectivity index (χ0v) is 10.8. The summed E-state index contributed by atoms with van der Waals surface area (Å²) in [5.74, 6) is 1.38. The minimum Gasteiger partial charge on any atom is -0.318 e. The highest BCUT2D eigenvalue weighted by Gasteiger charge is 2.12. The Hall–Kier alpha value is -2.43. The van der Waals surface area contributed by atoms with Gasteiger partial charge >= 0.3 is 0 Å². The Kier molecular flexibility index (Phi) is 2.67. The lowest BCUT2D eigenvalue weighted by atomic mass is 10.2. The average molecular weight is 254 g/mol. The average Bonchev–Trinajstić information content (AvgIpc) is 2.67. The molecule has 0 unspecified atom stereocenters. The van der Waals surface area contributed by atoms with Crippen LogP contribution in [0.5, 0.6) is 0 Å². The molecule has 19 heavy (non-hydrogen) atoms.